The number of carbonyl (C=O) groups is 1. The van der Waals surface area contributed by atoms with Crippen LogP contribution in [0.4, 0.5) is 26.3 Å². The highest BCUT2D eigenvalue weighted by Gasteiger charge is 2.41. The molecule has 40 heavy (non-hydrogen) atoms. The first kappa shape index (κ1) is 30.4. The first-order chi connectivity index (χ1) is 18.5. The van der Waals surface area contributed by atoms with E-state index in [4.69, 9.17) is 18.6 Å². The lowest BCUT2D eigenvalue weighted by Gasteiger charge is -2.30. The Bertz CT molecular complexity index is 1460. The third-order valence-corrected chi connectivity index (χ3v) is 5.53. The number of esters is 1. The molecule has 0 spiro atoms. The van der Waals surface area contributed by atoms with Crippen LogP contribution >= 0.6 is 0 Å². The summed E-state index contributed by atoms with van der Waals surface area (Å²) in [5.41, 5.74) is -3.13. The third-order valence-electron chi connectivity index (χ3n) is 5.53. The first-order valence-electron chi connectivity index (χ1n) is 11.5. The van der Waals surface area contributed by atoms with Crippen LogP contribution < -0.4 is 19.8 Å². The lowest BCUT2D eigenvalue weighted by Crippen LogP contribution is -2.36. The van der Waals surface area contributed by atoms with E-state index in [1.54, 1.807) is 0 Å². The highest BCUT2D eigenvalue weighted by molar-refractivity contribution is 5.87. The summed E-state index contributed by atoms with van der Waals surface area (Å²) >= 11 is 0. The normalized spacial score (nSPS) is 13.4. The largest absolute Gasteiger partial charge is 0.573 e. The van der Waals surface area contributed by atoms with Gasteiger partial charge in [0.2, 0.25) is 0 Å². The van der Waals surface area contributed by atoms with Crippen LogP contribution in [0.2, 0.25) is 0 Å². The molecule has 0 saturated heterocycles. The number of ether oxygens (including phenoxy) is 4. The molecule has 0 radical (unpaired) electrons. The lowest BCUT2D eigenvalue weighted by atomic mass is 9.88. The van der Waals surface area contributed by atoms with E-state index in [2.05, 4.69) is 11.3 Å². The molecule has 1 atom stereocenters. The van der Waals surface area contributed by atoms with Crippen molar-refractivity contribution < 1.29 is 54.5 Å². The zero-order valence-corrected chi connectivity index (χ0v) is 21.5. The van der Waals surface area contributed by atoms with Crippen molar-refractivity contribution in [2.75, 3.05) is 20.3 Å². The summed E-state index contributed by atoms with van der Waals surface area (Å²) in [6.45, 7) is 4.85. The molecule has 0 amide bonds. The summed E-state index contributed by atoms with van der Waals surface area (Å²) < 4.78 is 103. The predicted molar refractivity (Wildman–Crippen MR) is 131 cm³/mol. The van der Waals surface area contributed by atoms with Crippen LogP contribution in [0, 0.1) is 5.41 Å². The van der Waals surface area contributed by atoms with Crippen molar-refractivity contribution in [2.24, 2.45) is 5.41 Å². The van der Waals surface area contributed by atoms with Crippen LogP contribution in [-0.2, 0) is 9.53 Å². The van der Waals surface area contributed by atoms with Crippen LogP contribution in [-0.4, -0.2) is 38.8 Å². The van der Waals surface area contributed by atoms with E-state index in [1.165, 1.54) is 57.4 Å². The van der Waals surface area contributed by atoms with E-state index in [0.29, 0.717) is 0 Å². The van der Waals surface area contributed by atoms with Gasteiger partial charge in [0.15, 0.2) is 0 Å². The van der Waals surface area contributed by atoms with E-state index < -0.39 is 54.9 Å². The first-order valence-corrected chi connectivity index (χ1v) is 11.5. The molecule has 3 rings (SSSR count). The SMILES string of the molecule is C=C(C)C(=O)OCC(C)(COc1ccc2cc(-c3ccc(OC)cc3OC(F)(F)F)c(=O)oc2c1)CC(F)(F)F. The Labute approximate surface area is 223 Å². The van der Waals surface area contributed by atoms with Crippen LogP contribution in [0.1, 0.15) is 20.3 Å². The molecule has 7 nitrogen and oxygen atoms in total. The van der Waals surface area contributed by atoms with Crippen LogP contribution in [0.5, 0.6) is 17.2 Å². The molecule has 2 aromatic carbocycles. The van der Waals surface area contributed by atoms with Gasteiger partial charge in [-0.1, -0.05) is 13.5 Å². The molecule has 0 saturated carbocycles. The van der Waals surface area contributed by atoms with Gasteiger partial charge in [0, 0.05) is 34.1 Å². The number of halogens is 6. The maximum atomic E-state index is 13.2. The molecule has 13 heteroatoms. The maximum Gasteiger partial charge on any atom is 0.573 e. The molecule has 3 aromatic rings. The average Bonchev–Trinajstić information content (AvgIpc) is 2.83. The van der Waals surface area contributed by atoms with Crippen LogP contribution in [0.25, 0.3) is 22.1 Å². The smallest absolute Gasteiger partial charge is 0.497 e. The quantitative estimate of drug-likeness (QED) is 0.114. The number of rotatable bonds is 10. The second kappa shape index (κ2) is 11.5. The van der Waals surface area contributed by atoms with E-state index in [0.717, 1.165) is 6.07 Å². The molecular formula is C27H24F6O7. The Kier molecular flexibility index (Phi) is 8.75. The Morgan fingerprint density at radius 1 is 0.950 bits per heavy atom. The number of fused-ring (bicyclic) bond motifs is 1. The molecule has 0 aliphatic heterocycles. The van der Waals surface area contributed by atoms with Gasteiger partial charge < -0.3 is 23.4 Å². The highest BCUT2D eigenvalue weighted by Crippen LogP contribution is 2.37. The van der Waals surface area contributed by atoms with Gasteiger partial charge in [0.25, 0.3) is 0 Å². The summed E-state index contributed by atoms with van der Waals surface area (Å²) in [7, 11) is 1.25. The average molecular weight is 574 g/mol. The Morgan fingerprint density at radius 3 is 2.23 bits per heavy atom. The highest BCUT2D eigenvalue weighted by atomic mass is 19.4. The van der Waals surface area contributed by atoms with E-state index in [-0.39, 0.29) is 39.2 Å². The molecule has 1 heterocycles. The van der Waals surface area contributed by atoms with E-state index in [9.17, 15) is 35.9 Å². The summed E-state index contributed by atoms with van der Waals surface area (Å²) in [6.07, 6.45) is -11.0. The van der Waals surface area contributed by atoms with Crippen LogP contribution in [0.15, 0.2) is 63.8 Å². The summed E-state index contributed by atoms with van der Waals surface area (Å²) in [6, 6.07) is 8.82. The van der Waals surface area contributed by atoms with Gasteiger partial charge in [-0.2, -0.15) is 13.2 Å². The molecule has 216 valence electrons. The van der Waals surface area contributed by atoms with Gasteiger partial charge in [0.05, 0.1) is 25.7 Å². The zero-order chi connectivity index (χ0) is 29.9. The van der Waals surface area contributed by atoms with Crippen molar-refractivity contribution in [1.82, 2.24) is 0 Å². The minimum Gasteiger partial charge on any atom is -0.497 e. The van der Waals surface area contributed by atoms with Crippen LogP contribution in [0.3, 0.4) is 0 Å². The molecular weight excluding hydrogens is 550 g/mol. The van der Waals surface area contributed by atoms with Gasteiger partial charge in [-0.3, -0.25) is 0 Å². The molecule has 0 aliphatic rings. The fourth-order valence-electron chi connectivity index (χ4n) is 3.68. The fraction of sp³-hybridized carbons (Fsp3) is 0.333. The number of benzene rings is 2. The van der Waals surface area contributed by atoms with Gasteiger partial charge in [-0.15, -0.1) is 13.2 Å². The van der Waals surface area contributed by atoms with Crippen molar-refractivity contribution in [3.05, 3.63) is 65.0 Å². The van der Waals surface area contributed by atoms with Crippen molar-refractivity contribution in [2.45, 2.75) is 32.8 Å². The summed E-state index contributed by atoms with van der Waals surface area (Å²) in [5.74, 6) is -1.44. The Balaban J connectivity index is 1.90. The third kappa shape index (κ3) is 8.17. The molecule has 1 unspecified atom stereocenters. The monoisotopic (exact) mass is 574 g/mol. The van der Waals surface area contributed by atoms with Gasteiger partial charge in [-0.05, 0) is 37.3 Å². The van der Waals surface area contributed by atoms with Gasteiger partial charge in [0.1, 0.15) is 29.4 Å². The minimum atomic E-state index is -5.05. The number of hydrogen-bond donors (Lipinski definition) is 0. The van der Waals surface area contributed by atoms with Crippen molar-refractivity contribution >= 4 is 16.9 Å². The number of carbonyl (C=O) groups excluding carboxylic acids is 1. The molecule has 0 N–H and O–H groups in total. The fourth-order valence-corrected chi connectivity index (χ4v) is 3.68. The predicted octanol–water partition coefficient (Wildman–Crippen LogP) is 6.82. The standard InChI is InChI=1S/C27H24F6O7/c1-15(2)23(34)38-14-25(3,12-26(28,29)30)13-37-18-6-5-16-9-20(24(35)39-21(16)11-18)19-8-7-17(36-4)10-22(19)40-27(31,32)33/h5-11H,1,12-14H2,2-4H3. The minimum absolute atomic E-state index is 0.0194. The molecule has 1 aromatic heterocycles. The zero-order valence-electron chi connectivity index (χ0n) is 21.5. The Hall–Kier alpha value is -4.16. The molecule has 0 aliphatic carbocycles. The summed E-state index contributed by atoms with van der Waals surface area (Å²) in [4.78, 5) is 24.4. The van der Waals surface area contributed by atoms with E-state index in [1.807, 2.05) is 0 Å². The second-order valence-corrected chi connectivity index (χ2v) is 9.30. The topological polar surface area (TPSA) is 84.2 Å². The maximum absolute atomic E-state index is 13.2. The second-order valence-electron chi connectivity index (χ2n) is 9.30. The summed E-state index contributed by atoms with van der Waals surface area (Å²) in [5, 5.41) is 0.282. The van der Waals surface area contributed by atoms with E-state index >= 15 is 0 Å². The molecule has 0 bridgehead atoms. The number of alkyl halides is 6. The Morgan fingerprint density at radius 2 is 1.62 bits per heavy atom. The van der Waals surface area contributed by atoms with Crippen molar-refractivity contribution in [3.8, 4) is 28.4 Å². The van der Waals surface area contributed by atoms with Gasteiger partial charge in [-0.25, -0.2) is 9.59 Å². The molecule has 0 fully saturated rings. The number of hydrogen-bond acceptors (Lipinski definition) is 7. The number of methoxy groups -OCH3 is 1. The van der Waals surface area contributed by atoms with Gasteiger partial charge >= 0.3 is 24.1 Å². The van der Waals surface area contributed by atoms with Crippen molar-refractivity contribution in [1.29, 1.82) is 0 Å². The van der Waals surface area contributed by atoms with Crippen molar-refractivity contribution in [3.63, 3.8) is 0 Å². The lowest BCUT2D eigenvalue weighted by molar-refractivity contribution is -0.274.